The van der Waals surface area contributed by atoms with E-state index in [1.807, 2.05) is 36.4 Å². The monoisotopic (exact) mass is 585 g/mol. The third-order valence-electron chi connectivity index (χ3n) is 9.51. The number of hydrogen-bond acceptors (Lipinski definition) is 4. The van der Waals surface area contributed by atoms with Crippen molar-refractivity contribution in [3.05, 3.63) is 150 Å². The Morgan fingerprint density at radius 3 is 1.82 bits per heavy atom. The van der Waals surface area contributed by atoms with Crippen molar-refractivity contribution in [2.75, 3.05) is 16.4 Å². The van der Waals surface area contributed by atoms with Crippen molar-refractivity contribution >= 4 is 28.4 Å². The van der Waals surface area contributed by atoms with Gasteiger partial charge in [0.05, 0.1) is 11.4 Å². The van der Waals surface area contributed by atoms with Crippen LogP contribution >= 0.6 is 0 Å². The van der Waals surface area contributed by atoms with Crippen molar-refractivity contribution in [2.24, 2.45) is 0 Å². The Morgan fingerprint density at radius 1 is 0.578 bits per heavy atom. The van der Waals surface area contributed by atoms with Gasteiger partial charge in [0.25, 0.3) is 0 Å². The molecule has 2 aliphatic heterocycles. The average molecular weight is 586 g/mol. The van der Waals surface area contributed by atoms with Gasteiger partial charge in [0, 0.05) is 33.6 Å². The van der Waals surface area contributed by atoms with Crippen LogP contribution < -0.4 is 21.1 Å². The third kappa shape index (κ3) is 4.36. The van der Waals surface area contributed by atoms with Gasteiger partial charge in [-0.3, -0.25) is 0 Å². The van der Waals surface area contributed by atoms with Crippen LogP contribution in [0.15, 0.2) is 127 Å². The van der Waals surface area contributed by atoms with Crippen molar-refractivity contribution in [1.82, 2.24) is 0 Å². The zero-order valence-corrected chi connectivity index (χ0v) is 25.5. The molecule has 8 rings (SSSR count). The van der Waals surface area contributed by atoms with E-state index in [0.29, 0.717) is 11.4 Å². The van der Waals surface area contributed by atoms with Crippen LogP contribution in [-0.4, -0.2) is 0 Å². The lowest BCUT2D eigenvalue weighted by Gasteiger charge is -2.42. The number of fused-ring (bicyclic) bond motifs is 8. The van der Waals surface area contributed by atoms with Gasteiger partial charge >= 0.3 is 0 Å². The molecular formula is C41H35N3O. The topological polar surface area (TPSA) is 64.5 Å². The molecule has 0 radical (unpaired) electrons. The van der Waals surface area contributed by atoms with Crippen LogP contribution in [0.4, 0.5) is 28.4 Å². The number of aryl methyl sites for hydroxylation is 1. The van der Waals surface area contributed by atoms with Gasteiger partial charge in [0.1, 0.15) is 11.5 Å². The number of hydrogen-bond donors (Lipinski definition) is 2. The van der Waals surface area contributed by atoms with Crippen molar-refractivity contribution in [3.8, 4) is 33.8 Å². The maximum Gasteiger partial charge on any atom is 0.135 e. The summed E-state index contributed by atoms with van der Waals surface area (Å²) in [5.41, 5.74) is 26.9. The molecule has 6 aromatic rings. The van der Waals surface area contributed by atoms with Crippen molar-refractivity contribution in [1.29, 1.82) is 0 Å². The van der Waals surface area contributed by atoms with Gasteiger partial charge in [0.2, 0.25) is 0 Å². The number of nitrogen functional groups attached to an aromatic ring is 2. The van der Waals surface area contributed by atoms with Gasteiger partial charge in [-0.05, 0) is 94.8 Å². The van der Waals surface area contributed by atoms with Crippen molar-refractivity contribution in [3.63, 3.8) is 0 Å². The molecule has 0 atom stereocenters. The minimum Gasteiger partial charge on any atom is -0.456 e. The standard InChI is InChI=1S/C41H35N3O/c1-41(2)34-13-5-7-15-37(34)44(38-16-8-6-14-35(38)41)28-21-19-26-20-22-29-33(23-27(42)24-36(29)43)31-12-4-10-18-40(31)45-39-17-9-3-11-30(39)32(26)25-28/h3-19,21,23-25H,20,22,42-43H2,1-2H3. The van der Waals surface area contributed by atoms with Gasteiger partial charge in [-0.1, -0.05) is 92.7 Å². The molecule has 0 bridgehead atoms. The predicted molar refractivity (Wildman–Crippen MR) is 187 cm³/mol. The molecule has 0 saturated carbocycles. The SMILES string of the molecule is CC1(C)c2ccccc2N(c2ccc3c(c2)-c2ccccc2Oc2ccccc2-c2cc(N)cc(N)c2CC3)c2ccccc21. The zero-order chi connectivity index (χ0) is 30.7. The summed E-state index contributed by atoms with van der Waals surface area (Å²) < 4.78 is 6.80. The number of ether oxygens (including phenoxy) is 1. The Balaban J connectivity index is 1.35. The summed E-state index contributed by atoms with van der Waals surface area (Å²) >= 11 is 0. The van der Waals surface area contributed by atoms with Crippen LogP contribution in [0.25, 0.3) is 22.3 Å². The Bertz CT molecular complexity index is 2060. The van der Waals surface area contributed by atoms with Crippen molar-refractivity contribution in [2.45, 2.75) is 32.1 Å². The minimum absolute atomic E-state index is 0.119. The minimum atomic E-state index is -0.119. The number of rotatable bonds is 1. The molecule has 0 amide bonds. The highest BCUT2D eigenvalue weighted by Gasteiger charge is 2.36. The summed E-state index contributed by atoms with van der Waals surface area (Å²) in [7, 11) is 0. The molecule has 2 heterocycles. The molecule has 45 heavy (non-hydrogen) atoms. The molecule has 4 heteroatoms. The van der Waals surface area contributed by atoms with Gasteiger partial charge in [-0.25, -0.2) is 0 Å². The molecule has 0 fully saturated rings. The normalized spacial score (nSPS) is 14.3. The highest BCUT2D eigenvalue weighted by Crippen LogP contribution is 2.52. The first-order valence-electron chi connectivity index (χ1n) is 15.6. The zero-order valence-electron chi connectivity index (χ0n) is 25.5. The summed E-state index contributed by atoms with van der Waals surface area (Å²) in [4.78, 5) is 2.41. The lowest BCUT2D eigenvalue weighted by atomic mass is 9.73. The predicted octanol–water partition coefficient (Wildman–Crippen LogP) is 10.2. The first-order valence-corrected chi connectivity index (χ1v) is 15.6. The third-order valence-corrected chi connectivity index (χ3v) is 9.51. The highest BCUT2D eigenvalue weighted by atomic mass is 16.5. The quantitative estimate of drug-likeness (QED) is 0.188. The fourth-order valence-corrected chi connectivity index (χ4v) is 7.29. The molecule has 0 aliphatic carbocycles. The number of anilines is 5. The summed E-state index contributed by atoms with van der Waals surface area (Å²) in [5, 5.41) is 0. The van der Waals surface area contributed by atoms with Gasteiger partial charge < -0.3 is 21.1 Å². The lowest BCUT2D eigenvalue weighted by molar-refractivity contribution is 0.486. The van der Waals surface area contributed by atoms with Crippen LogP contribution in [0.2, 0.25) is 0 Å². The lowest BCUT2D eigenvalue weighted by Crippen LogP contribution is -2.30. The van der Waals surface area contributed by atoms with E-state index in [2.05, 4.69) is 110 Å². The second kappa shape index (κ2) is 10.3. The van der Waals surface area contributed by atoms with E-state index in [9.17, 15) is 0 Å². The molecule has 0 aromatic heterocycles. The number of nitrogens with two attached hydrogens (primary N) is 2. The first-order chi connectivity index (χ1) is 21.9. The van der Waals surface area contributed by atoms with E-state index >= 15 is 0 Å². The Morgan fingerprint density at radius 2 is 1.16 bits per heavy atom. The van der Waals surface area contributed by atoms with Crippen LogP contribution in [-0.2, 0) is 18.3 Å². The fraction of sp³-hybridized carbons (Fsp3) is 0.122. The average Bonchev–Trinajstić information content (AvgIpc) is 3.07. The van der Waals surface area contributed by atoms with Crippen LogP contribution in [0.1, 0.15) is 36.1 Å². The molecule has 0 unspecified atom stereocenters. The largest absolute Gasteiger partial charge is 0.456 e. The van der Waals surface area contributed by atoms with Crippen LogP contribution in [0.5, 0.6) is 11.5 Å². The molecule has 6 aromatic carbocycles. The molecule has 4 nitrogen and oxygen atoms in total. The smallest absolute Gasteiger partial charge is 0.135 e. The molecule has 4 N–H and O–H groups in total. The summed E-state index contributed by atoms with van der Waals surface area (Å²) in [6.45, 7) is 4.64. The maximum absolute atomic E-state index is 6.80. The number of benzene rings is 6. The second-order valence-electron chi connectivity index (χ2n) is 12.6. The van der Waals surface area contributed by atoms with E-state index in [1.165, 1.54) is 28.1 Å². The first kappa shape index (κ1) is 27.1. The molecule has 0 spiro atoms. The highest BCUT2D eigenvalue weighted by molar-refractivity contribution is 5.89. The molecule has 0 saturated heterocycles. The Hall–Kier alpha value is -5.48. The molecular weight excluding hydrogens is 550 g/mol. The Kier molecular flexibility index (Phi) is 6.21. The second-order valence-corrected chi connectivity index (χ2v) is 12.6. The van der Waals surface area contributed by atoms with Gasteiger partial charge in [-0.2, -0.15) is 0 Å². The maximum atomic E-state index is 6.80. The summed E-state index contributed by atoms with van der Waals surface area (Å²) in [6.07, 6.45) is 1.58. The van der Waals surface area contributed by atoms with Crippen molar-refractivity contribution < 1.29 is 4.74 Å². The van der Waals surface area contributed by atoms with E-state index in [1.54, 1.807) is 0 Å². The van der Waals surface area contributed by atoms with E-state index in [-0.39, 0.29) is 5.41 Å². The molecule has 220 valence electrons. The van der Waals surface area contributed by atoms with E-state index < -0.39 is 0 Å². The van der Waals surface area contributed by atoms with Gasteiger partial charge in [-0.15, -0.1) is 0 Å². The number of nitrogens with zero attached hydrogens (tertiary/aromatic N) is 1. The number of para-hydroxylation sites is 4. The van der Waals surface area contributed by atoms with Gasteiger partial charge in [0.15, 0.2) is 0 Å². The van der Waals surface area contributed by atoms with Crippen LogP contribution in [0, 0.1) is 0 Å². The van der Waals surface area contributed by atoms with E-state index in [4.69, 9.17) is 16.2 Å². The Labute approximate surface area is 264 Å². The fourth-order valence-electron chi connectivity index (χ4n) is 7.29. The van der Waals surface area contributed by atoms with Crippen LogP contribution in [0.3, 0.4) is 0 Å². The summed E-state index contributed by atoms with van der Waals surface area (Å²) in [5.74, 6) is 1.58. The van der Waals surface area contributed by atoms with E-state index in [0.717, 1.165) is 57.8 Å². The summed E-state index contributed by atoms with van der Waals surface area (Å²) in [6, 6.07) is 44.8. The molecule has 2 aliphatic rings.